The standard InChI is InChI=1S/C21H21N3O3S3/c1-15-7-5-6-10-19(15)30(26,27)24-14-28-13-18(24)20(25)22-11-17-12-29-21(23-17)16-8-3-2-4-9-16/h2-10,12,18H,11,13-14H2,1H3,(H,22,25)/t18-/m1/s1. The molecule has 2 heterocycles. The van der Waals surface area contributed by atoms with E-state index in [1.165, 1.54) is 27.4 Å². The predicted octanol–water partition coefficient (Wildman–Crippen LogP) is 3.50. The molecule has 1 fully saturated rings. The molecule has 1 aliphatic heterocycles. The Morgan fingerprint density at radius 3 is 2.67 bits per heavy atom. The van der Waals surface area contributed by atoms with Crippen molar-refractivity contribution in [1.82, 2.24) is 14.6 Å². The van der Waals surface area contributed by atoms with Crippen molar-refractivity contribution < 1.29 is 13.2 Å². The lowest BCUT2D eigenvalue weighted by Crippen LogP contribution is -2.47. The molecule has 2 aromatic carbocycles. The highest BCUT2D eigenvalue weighted by Crippen LogP contribution is 2.30. The fourth-order valence-electron chi connectivity index (χ4n) is 3.24. The predicted molar refractivity (Wildman–Crippen MR) is 121 cm³/mol. The number of thiazole rings is 1. The maximum absolute atomic E-state index is 13.1. The van der Waals surface area contributed by atoms with E-state index in [2.05, 4.69) is 10.3 Å². The van der Waals surface area contributed by atoms with Crippen LogP contribution in [-0.2, 0) is 21.4 Å². The van der Waals surface area contributed by atoms with Crippen molar-refractivity contribution in [2.45, 2.75) is 24.4 Å². The lowest BCUT2D eigenvalue weighted by Gasteiger charge is -2.23. The van der Waals surface area contributed by atoms with Gasteiger partial charge in [-0.15, -0.1) is 23.1 Å². The molecule has 0 saturated carbocycles. The van der Waals surface area contributed by atoms with E-state index >= 15 is 0 Å². The van der Waals surface area contributed by atoms with Crippen molar-refractivity contribution in [3.05, 3.63) is 71.2 Å². The Morgan fingerprint density at radius 1 is 1.17 bits per heavy atom. The molecule has 4 rings (SSSR count). The summed E-state index contributed by atoms with van der Waals surface area (Å²) in [5.74, 6) is 0.402. The van der Waals surface area contributed by atoms with Crippen molar-refractivity contribution >= 4 is 39.0 Å². The first-order chi connectivity index (χ1) is 14.5. The molecule has 1 atom stereocenters. The van der Waals surface area contributed by atoms with Crippen LogP contribution in [0.25, 0.3) is 10.6 Å². The molecular weight excluding hydrogens is 438 g/mol. The monoisotopic (exact) mass is 459 g/mol. The summed E-state index contributed by atoms with van der Waals surface area (Å²) in [6, 6.07) is 16.0. The second kappa shape index (κ2) is 8.89. The molecule has 1 N–H and O–H groups in total. The number of nitrogens with zero attached hydrogens (tertiary/aromatic N) is 2. The fraction of sp³-hybridized carbons (Fsp3) is 0.238. The first-order valence-electron chi connectivity index (χ1n) is 9.39. The molecule has 156 valence electrons. The van der Waals surface area contributed by atoms with Gasteiger partial charge in [0, 0.05) is 16.7 Å². The van der Waals surface area contributed by atoms with Crippen LogP contribution in [0.1, 0.15) is 11.3 Å². The quantitative estimate of drug-likeness (QED) is 0.610. The Hall–Kier alpha value is -2.20. The molecule has 1 saturated heterocycles. The number of amides is 1. The highest BCUT2D eigenvalue weighted by molar-refractivity contribution is 8.00. The Balaban J connectivity index is 1.45. The summed E-state index contributed by atoms with van der Waals surface area (Å²) in [7, 11) is -3.74. The van der Waals surface area contributed by atoms with Gasteiger partial charge < -0.3 is 5.32 Å². The summed E-state index contributed by atoms with van der Waals surface area (Å²) in [5, 5.41) is 5.66. The molecule has 0 bridgehead atoms. The number of carbonyl (C=O) groups excluding carboxylic acids is 1. The number of benzene rings is 2. The molecule has 3 aromatic rings. The van der Waals surface area contributed by atoms with E-state index in [1.54, 1.807) is 31.2 Å². The number of sulfonamides is 1. The zero-order chi connectivity index (χ0) is 21.1. The van der Waals surface area contributed by atoms with Crippen LogP contribution in [0.5, 0.6) is 0 Å². The fourth-order valence-corrected chi connectivity index (χ4v) is 7.44. The molecule has 0 spiro atoms. The first kappa shape index (κ1) is 21.0. The van der Waals surface area contributed by atoms with Gasteiger partial charge in [0.1, 0.15) is 11.0 Å². The summed E-state index contributed by atoms with van der Waals surface area (Å²) in [5.41, 5.74) is 2.46. The minimum atomic E-state index is -3.74. The number of hydrogen-bond acceptors (Lipinski definition) is 6. The van der Waals surface area contributed by atoms with E-state index < -0.39 is 16.1 Å². The summed E-state index contributed by atoms with van der Waals surface area (Å²) in [4.78, 5) is 17.6. The van der Waals surface area contributed by atoms with Gasteiger partial charge in [0.15, 0.2) is 0 Å². The van der Waals surface area contributed by atoms with Crippen molar-refractivity contribution in [2.24, 2.45) is 0 Å². The number of aryl methyl sites for hydroxylation is 1. The number of rotatable bonds is 6. The Labute approximate surface area is 184 Å². The van der Waals surface area contributed by atoms with E-state index in [0.29, 0.717) is 11.3 Å². The molecule has 0 unspecified atom stereocenters. The molecule has 0 radical (unpaired) electrons. The number of nitrogens with one attached hydrogen (secondary N) is 1. The largest absolute Gasteiger partial charge is 0.349 e. The van der Waals surface area contributed by atoms with Crippen molar-refractivity contribution in [3.8, 4) is 10.6 Å². The van der Waals surface area contributed by atoms with Gasteiger partial charge in [-0.25, -0.2) is 13.4 Å². The Kier molecular flexibility index (Phi) is 6.24. The number of aromatic nitrogens is 1. The second-order valence-electron chi connectivity index (χ2n) is 6.90. The summed E-state index contributed by atoms with van der Waals surface area (Å²) in [6.45, 7) is 2.03. The maximum atomic E-state index is 13.1. The van der Waals surface area contributed by atoms with Gasteiger partial charge >= 0.3 is 0 Å². The minimum Gasteiger partial charge on any atom is -0.349 e. The number of carbonyl (C=O) groups is 1. The molecule has 1 aromatic heterocycles. The van der Waals surface area contributed by atoms with E-state index in [0.717, 1.165) is 16.3 Å². The van der Waals surface area contributed by atoms with Crippen molar-refractivity contribution in [1.29, 1.82) is 0 Å². The van der Waals surface area contributed by atoms with E-state index in [1.807, 2.05) is 35.7 Å². The average Bonchev–Trinajstić information content (AvgIpc) is 3.43. The number of thioether (sulfide) groups is 1. The summed E-state index contributed by atoms with van der Waals surface area (Å²) >= 11 is 2.96. The van der Waals surface area contributed by atoms with Crippen LogP contribution in [0.4, 0.5) is 0 Å². The summed E-state index contributed by atoms with van der Waals surface area (Å²) < 4.78 is 27.6. The first-order valence-corrected chi connectivity index (χ1v) is 12.9. The van der Waals surface area contributed by atoms with Crippen molar-refractivity contribution in [2.75, 3.05) is 11.6 Å². The van der Waals surface area contributed by atoms with E-state index in [-0.39, 0.29) is 23.2 Å². The molecule has 1 aliphatic rings. The highest BCUT2D eigenvalue weighted by atomic mass is 32.2. The molecular formula is C21H21N3O3S3. The van der Waals surface area contributed by atoms with Crippen molar-refractivity contribution in [3.63, 3.8) is 0 Å². The van der Waals surface area contributed by atoms with Crippen LogP contribution >= 0.6 is 23.1 Å². The molecule has 6 nitrogen and oxygen atoms in total. The molecule has 0 aliphatic carbocycles. The lowest BCUT2D eigenvalue weighted by molar-refractivity contribution is -0.124. The van der Waals surface area contributed by atoms with Gasteiger partial charge in [-0.2, -0.15) is 4.31 Å². The summed E-state index contributed by atoms with van der Waals surface area (Å²) in [6.07, 6.45) is 0. The van der Waals surface area contributed by atoms with Crippen LogP contribution in [0.3, 0.4) is 0 Å². The number of hydrogen-bond donors (Lipinski definition) is 1. The van der Waals surface area contributed by atoms with Crippen LogP contribution in [0.15, 0.2) is 64.9 Å². The van der Waals surface area contributed by atoms with Gasteiger partial charge in [-0.1, -0.05) is 48.5 Å². The van der Waals surface area contributed by atoms with Crippen LogP contribution in [0.2, 0.25) is 0 Å². The SMILES string of the molecule is Cc1ccccc1S(=O)(=O)N1CSC[C@@H]1C(=O)NCc1csc(-c2ccccc2)n1. The molecule has 9 heteroatoms. The third kappa shape index (κ3) is 4.29. The van der Waals surface area contributed by atoms with Gasteiger partial charge in [0.05, 0.1) is 23.0 Å². The third-order valence-electron chi connectivity index (χ3n) is 4.84. The van der Waals surface area contributed by atoms with Crippen LogP contribution in [-0.4, -0.2) is 41.3 Å². The highest BCUT2D eigenvalue weighted by Gasteiger charge is 2.40. The van der Waals surface area contributed by atoms with Gasteiger partial charge in [-0.3, -0.25) is 4.79 Å². The van der Waals surface area contributed by atoms with E-state index in [4.69, 9.17) is 0 Å². The van der Waals surface area contributed by atoms with Crippen LogP contribution in [0, 0.1) is 6.92 Å². The second-order valence-corrected chi connectivity index (χ2v) is 10.6. The topological polar surface area (TPSA) is 79.4 Å². The average molecular weight is 460 g/mol. The van der Waals surface area contributed by atoms with Gasteiger partial charge in [-0.05, 0) is 18.6 Å². The molecule has 30 heavy (non-hydrogen) atoms. The van der Waals surface area contributed by atoms with Gasteiger partial charge in [0.25, 0.3) is 0 Å². The zero-order valence-corrected chi connectivity index (χ0v) is 18.8. The lowest BCUT2D eigenvalue weighted by atomic mass is 10.2. The third-order valence-corrected chi connectivity index (χ3v) is 8.97. The van der Waals surface area contributed by atoms with E-state index in [9.17, 15) is 13.2 Å². The normalized spacial score (nSPS) is 17.2. The zero-order valence-electron chi connectivity index (χ0n) is 16.3. The van der Waals surface area contributed by atoms with Gasteiger partial charge in [0.2, 0.25) is 15.9 Å². The maximum Gasteiger partial charge on any atom is 0.244 e. The smallest absolute Gasteiger partial charge is 0.244 e. The minimum absolute atomic E-state index is 0.248. The van der Waals surface area contributed by atoms with Crippen LogP contribution < -0.4 is 5.32 Å². The molecule has 1 amide bonds. The Morgan fingerprint density at radius 2 is 1.90 bits per heavy atom. The Bertz CT molecular complexity index is 1150.